The molecule has 2 atom stereocenters. The van der Waals surface area contributed by atoms with Crippen LogP contribution in [0.3, 0.4) is 0 Å². The van der Waals surface area contributed by atoms with Crippen LogP contribution in [0.4, 0.5) is 5.82 Å². The molecule has 1 saturated carbocycles. The highest BCUT2D eigenvalue weighted by atomic mass is 16.5. The van der Waals surface area contributed by atoms with Crippen molar-refractivity contribution < 1.29 is 4.74 Å². The van der Waals surface area contributed by atoms with E-state index in [1.165, 1.54) is 0 Å². The average molecular weight is 287 g/mol. The number of rotatable bonds is 4. The predicted octanol–water partition coefficient (Wildman–Crippen LogP) is 2.62. The highest BCUT2D eigenvalue weighted by Gasteiger charge is 2.28. The van der Waals surface area contributed by atoms with Crippen molar-refractivity contribution in [1.82, 2.24) is 20.4 Å². The average Bonchev–Trinajstić information content (AvgIpc) is 3.08. The summed E-state index contributed by atoms with van der Waals surface area (Å²) in [5, 5.41) is 15.3. The molecule has 2 aromatic heterocycles. The van der Waals surface area contributed by atoms with E-state index in [1.807, 2.05) is 18.2 Å². The quantitative estimate of drug-likeness (QED) is 0.902. The van der Waals surface area contributed by atoms with Gasteiger partial charge in [-0.15, -0.1) is 5.10 Å². The third-order valence-corrected chi connectivity index (χ3v) is 3.98. The molecule has 0 aromatic carbocycles. The van der Waals surface area contributed by atoms with Crippen molar-refractivity contribution in [2.45, 2.75) is 51.0 Å². The maximum Gasteiger partial charge on any atom is 0.233 e. The first kappa shape index (κ1) is 13.9. The van der Waals surface area contributed by atoms with Crippen molar-refractivity contribution in [1.29, 1.82) is 0 Å². The van der Waals surface area contributed by atoms with E-state index in [-0.39, 0.29) is 6.10 Å². The Balaban J connectivity index is 1.59. The second-order valence-corrected chi connectivity index (χ2v) is 5.95. The lowest BCUT2D eigenvalue weighted by Crippen LogP contribution is -2.13. The molecule has 0 amide bonds. The Morgan fingerprint density at radius 1 is 1.29 bits per heavy atom. The van der Waals surface area contributed by atoms with Gasteiger partial charge in [-0.05, 0) is 31.2 Å². The van der Waals surface area contributed by atoms with Gasteiger partial charge in [0.1, 0.15) is 11.9 Å². The van der Waals surface area contributed by atoms with Crippen LogP contribution in [0.2, 0.25) is 0 Å². The van der Waals surface area contributed by atoms with Gasteiger partial charge >= 0.3 is 0 Å². The van der Waals surface area contributed by atoms with Crippen LogP contribution >= 0.6 is 0 Å². The number of hydrogen-bond donors (Lipinski definition) is 2. The number of nitrogens with zero attached hydrogens (tertiary/aromatic N) is 3. The van der Waals surface area contributed by atoms with E-state index in [1.54, 1.807) is 0 Å². The molecule has 0 unspecified atom stereocenters. The van der Waals surface area contributed by atoms with E-state index < -0.39 is 0 Å². The second-order valence-electron chi connectivity index (χ2n) is 5.95. The minimum absolute atomic E-state index is 0.179. The highest BCUT2D eigenvalue weighted by Crippen LogP contribution is 2.35. The van der Waals surface area contributed by atoms with Gasteiger partial charge in [0.15, 0.2) is 0 Å². The summed E-state index contributed by atoms with van der Waals surface area (Å²) in [4.78, 5) is 0. The van der Waals surface area contributed by atoms with Gasteiger partial charge < -0.3 is 10.5 Å². The van der Waals surface area contributed by atoms with E-state index in [0.29, 0.717) is 23.5 Å². The predicted molar refractivity (Wildman–Crippen MR) is 80.1 cm³/mol. The highest BCUT2D eigenvalue weighted by molar-refractivity contribution is 5.30. The van der Waals surface area contributed by atoms with Crippen molar-refractivity contribution in [2.24, 2.45) is 0 Å². The van der Waals surface area contributed by atoms with Gasteiger partial charge in [0.25, 0.3) is 0 Å². The minimum atomic E-state index is 0.179. The summed E-state index contributed by atoms with van der Waals surface area (Å²) in [5.41, 5.74) is 7.73. The number of nitrogen functional groups attached to an aromatic ring is 1. The molecule has 3 rings (SSSR count). The first-order valence-corrected chi connectivity index (χ1v) is 7.43. The Morgan fingerprint density at radius 3 is 2.76 bits per heavy atom. The number of nitrogens with two attached hydrogens (primary N) is 1. The molecule has 2 heterocycles. The molecule has 0 saturated heterocycles. The molecule has 21 heavy (non-hydrogen) atoms. The van der Waals surface area contributed by atoms with Crippen molar-refractivity contribution >= 4 is 5.82 Å². The molecule has 2 aromatic rings. The van der Waals surface area contributed by atoms with Crippen LogP contribution in [0.1, 0.15) is 56.3 Å². The Labute approximate surface area is 124 Å². The number of ether oxygens (including phenoxy) is 1. The largest absolute Gasteiger partial charge is 0.473 e. The number of nitrogens with one attached hydrogen (secondary N) is 1. The van der Waals surface area contributed by atoms with Gasteiger partial charge in [0.2, 0.25) is 5.88 Å². The van der Waals surface area contributed by atoms with Crippen LogP contribution in [0.5, 0.6) is 5.88 Å². The lowest BCUT2D eigenvalue weighted by molar-refractivity contribution is 0.197. The molecule has 3 N–H and O–H groups in total. The number of H-pyrrole nitrogens is 1. The van der Waals surface area contributed by atoms with E-state index in [2.05, 4.69) is 34.2 Å². The van der Waals surface area contributed by atoms with Gasteiger partial charge in [-0.25, -0.2) is 0 Å². The molecular formula is C15H21N5O. The zero-order chi connectivity index (χ0) is 14.8. The molecule has 0 aliphatic heterocycles. The molecule has 0 bridgehead atoms. The zero-order valence-electron chi connectivity index (χ0n) is 12.4. The Bertz CT molecular complexity index is 592. The Hall–Kier alpha value is -2.11. The minimum Gasteiger partial charge on any atom is -0.473 e. The molecular weight excluding hydrogens is 266 g/mol. The smallest absolute Gasteiger partial charge is 0.233 e. The van der Waals surface area contributed by atoms with Crippen LogP contribution < -0.4 is 10.5 Å². The summed E-state index contributed by atoms with van der Waals surface area (Å²) in [6.07, 6.45) is 3.22. The van der Waals surface area contributed by atoms with Gasteiger partial charge in [0, 0.05) is 23.7 Å². The van der Waals surface area contributed by atoms with Crippen LogP contribution in [-0.2, 0) is 0 Å². The van der Waals surface area contributed by atoms with E-state index in [0.717, 1.165) is 30.7 Å². The third-order valence-electron chi connectivity index (χ3n) is 3.98. The number of aromatic nitrogens is 4. The van der Waals surface area contributed by atoms with Gasteiger partial charge in [0.05, 0.1) is 5.69 Å². The SMILES string of the molecule is CC(C)c1ccc(O[C@@H]2CC[C@H](c3cc(N)n[nH]3)C2)nn1. The Kier molecular flexibility index (Phi) is 3.77. The van der Waals surface area contributed by atoms with Crippen LogP contribution in [0.25, 0.3) is 0 Å². The summed E-state index contributed by atoms with van der Waals surface area (Å²) in [6.45, 7) is 4.20. The van der Waals surface area contributed by atoms with Gasteiger partial charge in [-0.3, -0.25) is 5.10 Å². The van der Waals surface area contributed by atoms with Crippen LogP contribution in [0.15, 0.2) is 18.2 Å². The van der Waals surface area contributed by atoms with Crippen LogP contribution in [0, 0.1) is 0 Å². The van der Waals surface area contributed by atoms with Crippen LogP contribution in [-0.4, -0.2) is 26.5 Å². The number of hydrogen-bond acceptors (Lipinski definition) is 5. The standard InChI is InChI=1S/C15H21N5O/c1-9(2)12-5-6-15(20-17-12)21-11-4-3-10(7-11)13-8-14(16)19-18-13/h5-6,8-11H,3-4,7H2,1-2H3,(H3,16,18,19)/t10-,11+/m0/s1. The molecule has 1 aliphatic carbocycles. The third kappa shape index (κ3) is 3.15. The molecule has 0 spiro atoms. The van der Waals surface area contributed by atoms with Crippen molar-refractivity contribution in [3.8, 4) is 5.88 Å². The molecule has 6 heteroatoms. The summed E-state index contributed by atoms with van der Waals surface area (Å²) < 4.78 is 5.93. The molecule has 6 nitrogen and oxygen atoms in total. The summed E-state index contributed by atoms with van der Waals surface area (Å²) in [6, 6.07) is 5.79. The molecule has 1 aliphatic rings. The first-order chi connectivity index (χ1) is 10.1. The number of aromatic amines is 1. The van der Waals surface area contributed by atoms with Crippen molar-refractivity contribution in [2.75, 3.05) is 5.73 Å². The lowest BCUT2D eigenvalue weighted by Gasteiger charge is -2.13. The normalized spacial score (nSPS) is 21.9. The van der Waals surface area contributed by atoms with Gasteiger partial charge in [-0.2, -0.15) is 10.2 Å². The van der Waals surface area contributed by atoms with E-state index >= 15 is 0 Å². The fourth-order valence-corrected chi connectivity index (χ4v) is 2.76. The first-order valence-electron chi connectivity index (χ1n) is 7.43. The second kappa shape index (κ2) is 5.71. The summed E-state index contributed by atoms with van der Waals surface area (Å²) >= 11 is 0. The molecule has 112 valence electrons. The topological polar surface area (TPSA) is 89.7 Å². The van der Waals surface area contributed by atoms with E-state index in [4.69, 9.17) is 10.5 Å². The van der Waals surface area contributed by atoms with Crippen molar-refractivity contribution in [3.63, 3.8) is 0 Å². The van der Waals surface area contributed by atoms with E-state index in [9.17, 15) is 0 Å². The zero-order valence-corrected chi connectivity index (χ0v) is 12.4. The molecule has 1 fully saturated rings. The number of anilines is 1. The summed E-state index contributed by atoms with van der Waals surface area (Å²) in [5.74, 6) is 1.97. The maximum absolute atomic E-state index is 5.93. The monoisotopic (exact) mass is 287 g/mol. The maximum atomic E-state index is 5.93. The lowest BCUT2D eigenvalue weighted by atomic mass is 10.0. The van der Waals surface area contributed by atoms with Gasteiger partial charge in [-0.1, -0.05) is 13.8 Å². The fraction of sp³-hybridized carbons (Fsp3) is 0.533. The fourth-order valence-electron chi connectivity index (χ4n) is 2.76. The Morgan fingerprint density at radius 2 is 2.14 bits per heavy atom. The molecule has 0 radical (unpaired) electrons. The summed E-state index contributed by atoms with van der Waals surface area (Å²) in [7, 11) is 0. The van der Waals surface area contributed by atoms with Crippen molar-refractivity contribution in [3.05, 3.63) is 29.6 Å².